The molecule has 0 amide bonds. The van der Waals surface area contributed by atoms with Crippen LogP contribution in [0.15, 0.2) is 0 Å². The van der Waals surface area contributed by atoms with Crippen molar-refractivity contribution < 1.29 is 13.3 Å². The van der Waals surface area contributed by atoms with Crippen molar-refractivity contribution in [2.24, 2.45) is 0 Å². The molecule has 6 heteroatoms. The molecule has 0 unspecified atom stereocenters. The van der Waals surface area contributed by atoms with Crippen molar-refractivity contribution in [1.82, 2.24) is 0 Å². The van der Waals surface area contributed by atoms with Gasteiger partial charge in [-0.05, 0) is 0 Å². The SMILES string of the molecule is CO[Si](Cl)(OC)OCCl. The molecule has 0 saturated carbocycles. The second kappa shape index (κ2) is 4.49. The zero-order valence-corrected chi connectivity index (χ0v) is 7.70. The maximum atomic E-state index is 5.60. The molecule has 0 aromatic rings. The Labute approximate surface area is 64.9 Å². The van der Waals surface area contributed by atoms with Crippen molar-refractivity contribution in [3.8, 4) is 0 Å². The largest absolute Gasteiger partial charge is 0.613 e. The van der Waals surface area contributed by atoms with Gasteiger partial charge in [0, 0.05) is 14.2 Å². The Hall–Kier alpha value is 0.677. The fraction of sp³-hybridized carbons (Fsp3) is 1.00. The molecule has 0 bridgehead atoms. The summed E-state index contributed by atoms with van der Waals surface area (Å²) in [4.78, 5) is 0. The van der Waals surface area contributed by atoms with Crippen molar-refractivity contribution in [2.45, 2.75) is 0 Å². The van der Waals surface area contributed by atoms with Gasteiger partial charge in [-0.3, -0.25) is 0 Å². The van der Waals surface area contributed by atoms with Crippen LogP contribution < -0.4 is 0 Å². The van der Waals surface area contributed by atoms with Crippen LogP contribution in [-0.4, -0.2) is 28.4 Å². The Balaban J connectivity index is 3.62. The lowest BCUT2D eigenvalue weighted by atomic mass is 11.7. The minimum absolute atomic E-state index is 0.0165. The van der Waals surface area contributed by atoms with Crippen molar-refractivity contribution in [1.29, 1.82) is 0 Å². The van der Waals surface area contributed by atoms with Gasteiger partial charge < -0.3 is 13.3 Å². The van der Waals surface area contributed by atoms with E-state index in [1.807, 2.05) is 0 Å². The maximum absolute atomic E-state index is 5.60. The quantitative estimate of drug-likeness (QED) is 0.379. The molecule has 0 spiro atoms. The summed E-state index contributed by atoms with van der Waals surface area (Å²) in [6, 6.07) is -0.0165. The summed E-state index contributed by atoms with van der Waals surface area (Å²) in [5.74, 6) is 0. The molecule has 0 aromatic carbocycles. The lowest BCUT2D eigenvalue weighted by molar-refractivity contribution is 0.142. The zero-order chi connectivity index (χ0) is 7.33. The normalized spacial score (nSPS) is 12.0. The maximum Gasteiger partial charge on any atom is 0.613 e. The highest BCUT2D eigenvalue weighted by Gasteiger charge is 2.36. The molecule has 0 aliphatic heterocycles. The number of hydrogen-bond donors (Lipinski definition) is 0. The average molecular weight is 191 g/mol. The van der Waals surface area contributed by atoms with Crippen LogP contribution in [0, 0.1) is 0 Å². The molecular weight excluding hydrogens is 183 g/mol. The van der Waals surface area contributed by atoms with E-state index in [-0.39, 0.29) is 6.07 Å². The van der Waals surface area contributed by atoms with Crippen molar-refractivity contribution >= 4 is 30.8 Å². The monoisotopic (exact) mass is 190 g/mol. The third kappa shape index (κ3) is 3.39. The summed E-state index contributed by atoms with van der Waals surface area (Å²) in [6.07, 6.45) is 0. The molecule has 0 fully saturated rings. The summed E-state index contributed by atoms with van der Waals surface area (Å²) in [5.41, 5.74) is 0. The van der Waals surface area contributed by atoms with Crippen LogP contribution in [0.1, 0.15) is 0 Å². The predicted molar refractivity (Wildman–Crippen MR) is 37.4 cm³/mol. The first-order valence-corrected chi connectivity index (χ1v) is 5.44. The predicted octanol–water partition coefficient (Wildman–Crippen LogP) is 1.17. The second-order valence-corrected chi connectivity index (χ2v) is 4.82. The van der Waals surface area contributed by atoms with E-state index >= 15 is 0 Å². The molecule has 0 aliphatic rings. The molecule has 0 atom stereocenters. The van der Waals surface area contributed by atoms with Crippen LogP contribution in [0.3, 0.4) is 0 Å². The molecule has 3 nitrogen and oxygen atoms in total. The molecule has 0 heterocycles. The standard InChI is InChI=1S/C3H8Cl2O3Si/c1-6-9(5,7-2)8-3-4/h3H2,1-2H3. The summed E-state index contributed by atoms with van der Waals surface area (Å²) in [5, 5.41) is 0. The van der Waals surface area contributed by atoms with E-state index in [2.05, 4.69) is 0 Å². The van der Waals surface area contributed by atoms with E-state index < -0.39 is 8.11 Å². The van der Waals surface area contributed by atoms with Gasteiger partial charge >= 0.3 is 8.11 Å². The highest BCUT2D eigenvalue weighted by atomic mass is 35.6. The van der Waals surface area contributed by atoms with Gasteiger partial charge in [0.25, 0.3) is 0 Å². The fourth-order valence-corrected chi connectivity index (χ4v) is 1.56. The number of rotatable bonds is 4. The van der Waals surface area contributed by atoms with E-state index in [9.17, 15) is 0 Å². The number of halogens is 2. The first kappa shape index (κ1) is 9.68. The van der Waals surface area contributed by atoms with Crippen molar-refractivity contribution in [2.75, 3.05) is 20.3 Å². The third-order valence-electron chi connectivity index (χ3n) is 0.715. The lowest BCUT2D eigenvalue weighted by Crippen LogP contribution is -2.37. The smallest absolute Gasteiger partial charge is 0.365 e. The zero-order valence-electron chi connectivity index (χ0n) is 5.19. The molecule has 0 saturated heterocycles. The van der Waals surface area contributed by atoms with Gasteiger partial charge in [0.2, 0.25) is 0 Å². The Morgan fingerprint density at radius 2 is 1.78 bits per heavy atom. The first-order chi connectivity index (χ1) is 4.18. The van der Waals surface area contributed by atoms with Gasteiger partial charge in [-0.25, -0.2) is 0 Å². The van der Waals surface area contributed by atoms with Crippen LogP contribution in [0.2, 0.25) is 0 Å². The van der Waals surface area contributed by atoms with Crippen LogP contribution >= 0.6 is 22.7 Å². The lowest BCUT2D eigenvalue weighted by Gasteiger charge is -2.16. The van der Waals surface area contributed by atoms with E-state index in [1.54, 1.807) is 0 Å². The van der Waals surface area contributed by atoms with Crippen LogP contribution in [0.5, 0.6) is 0 Å². The average Bonchev–Trinajstić information content (AvgIpc) is 1.89. The van der Waals surface area contributed by atoms with Gasteiger partial charge in [0.1, 0.15) is 6.07 Å². The van der Waals surface area contributed by atoms with Crippen molar-refractivity contribution in [3.63, 3.8) is 0 Å². The summed E-state index contributed by atoms with van der Waals surface area (Å²) < 4.78 is 14.2. The Morgan fingerprint density at radius 1 is 1.33 bits per heavy atom. The van der Waals surface area contributed by atoms with Gasteiger partial charge in [-0.1, -0.05) is 22.7 Å². The third-order valence-corrected chi connectivity index (χ3v) is 3.72. The molecule has 0 radical (unpaired) electrons. The molecule has 0 N–H and O–H groups in total. The van der Waals surface area contributed by atoms with Gasteiger partial charge in [-0.15, -0.1) is 0 Å². The summed E-state index contributed by atoms with van der Waals surface area (Å²) in [7, 11) is -0.0331. The minimum atomic E-state index is -2.86. The molecular formula is C3H8Cl2O3Si. The van der Waals surface area contributed by atoms with Gasteiger partial charge in [0.15, 0.2) is 0 Å². The Morgan fingerprint density at radius 3 is 1.89 bits per heavy atom. The molecule has 0 rings (SSSR count). The fourth-order valence-electron chi connectivity index (χ4n) is 0.266. The Bertz CT molecular complexity index is 77.5. The van der Waals surface area contributed by atoms with E-state index in [4.69, 9.17) is 36.0 Å². The van der Waals surface area contributed by atoms with E-state index in [1.165, 1.54) is 14.2 Å². The van der Waals surface area contributed by atoms with Crippen LogP contribution in [-0.2, 0) is 13.3 Å². The summed E-state index contributed by atoms with van der Waals surface area (Å²) >= 11 is 10.8. The molecule has 0 aliphatic carbocycles. The highest BCUT2D eigenvalue weighted by Crippen LogP contribution is 2.11. The molecule has 56 valence electrons. The van der Waals surface area contributed by atoms with E-state index in [0.717, 1.165) is 0 Å². The van der Waals surface area contributed by atoms with Gasteiger partial charge in [0.05, 0.1) is 0 Å². The Kier molecular flexibility index (Phi) is 4.82. The van der Waals surface area contributed by atoms with E-state index in [0.29, 0.717) is 0 Å². The first-order valence-electron chi connectivity index (χ1n) is 2.17. The number of hydrogen-bond acceptors (Lipinski definition) is 3. The van der Waals surface area contributed by atoms with Crippen LogP contribution in [0.4, 0.5) is 0 Å². The summed E-state index contributed by atoms with van der Waals surface area (Å²) in [6.45, 7) is 0. The minimum Gasteiger partial charge on any atom is -0.365 e. The molecule has 9 heavy (non-hydrogen) atoms. The molecule has 0 aromatic heterocycles. The van der Waals surface area contributed by atoms with Crippen LogP contribution in [0.25, 0.3) is 0 Å². The highest BCUT2D eigenvalue weighted by molar-refractivity contribution is 7.09. The topological polar surface area (TPSA) is 27.7 Å². The van der Waals surface area contributed by atoms with Crippen molar-refractivity contribution in [3.05, 3.63) is 0 Å². The van der Waals surface area contributed by atoms with Gasteiger partial charge in [-0.2, -0.15) is 0 Å². The second-order valence-electron chi connectivity index (χ2n) is 1.14. The number of alkyl halides is 1.